The molecule has 0 saturated carbocycles. The molecule has 1 atom stereocenters. The van der Waals surface area contributed by atoms with E-state index in [2.05, 4.69) is 76.7 Å². The van der Waals surface area contributed by atoms with Crippen molar-refractivity contribution in [1.29, 1.82) is 0 Å². The molecular weight excluding hydrogens is 346 g/mol. The summed E-state index contributed by atoms with van der Waals surface area (Å²) >= 11 is 0. The van der Waals surface area contributed by atoms with Crippen molar-refractivity contribution in [1.82, 2.24) is 14.8 Å². The van der Waals surface area contributed by atoms with Crippen LogP contribution in [0.3, 0.4) is 0 Å². The first-order chi connectivity index (χ1) is 13.5. The summed E-state index contributed by atoms with van der Waals surface area (Å²) in [6.45, 7) is 4.17. The van der Waals surface area contributed by atoms with Crippen molar-refractivity contribution in [2.45, 2.75) is 19.9 Å². The zero-order valence-corrected chi connectivity index (χ0v) is 16.7. The quantitative estimate of drug-likeness (QED) is 0.538. The Labute approximate surface area is 165 Å². The number of aryl methyl sites for hydroxylation is 1. The van der Waals surface area contributed by atoms with E-state index in [1.807, 2.05) is 38.0 Å². The molecule has 2 heterocycles. The van der Waals surface area contributed by atoms with Crippen LogP contribution in [-0.4, -0.2) is 28.9 Å². The number of pyridine rings is 1. The monoisotopic (exact) mass is 371 g/mol. The van der Waals surface area contributed by atoms with E-state index in [9.17, 15) is 0 Å². The van der Waals surface area contributed by atoms with Gasteiger partial charge >= 0.3 is 0 Å². The van der Waals surface area contributed by atoms with Crippen LogP contribution in [0, 0.1) is 6.92 Å². The zero-order chi connectivity index (χ0) is 19.7. The van der Waals surface area contributed by atoms with Crippen LogP contribution in [-0.2, 0) is 0 Å². The molecule has 1 N–H and O–H groups in total. The molecule has 0 fully saturated rings. The predicted molar refractivity (Wildman–Crippen MR) is 116 cm³/mol. The Morgan fingerprint density at radius 2 is 1.79 bits per heavy atom. The highest BCUT2D eigenvalue weighted by molar-refractivity contribution is 5.84. The van der Waals surface area contributed by atoms with E-state index in [-0.39, 0.29) is 6.04 Å². The standard InChI is InChI=1S/C23H25N5/c1-16(18-9-6-5-7-10-18)25-23-14-22-21(15-24-23)17(2)26-28(22)20-12-8-11-19(13-20)27(3)4/h5-16H,1-4H3,(H,24,25)/t16-/m0/s1. The molecule has 4 aromatic rings. The smallest absolute Gasteiger partial charge is 0.128 e. The third-order valence-corrected chi connectivity index (χ3v) is 5.00. The third-order valence-electron chi connectivity index (χ3n) is 5.00. The highest BCUT2D eigenvalue weighted by Gasteiger charge is 2.13. The number of nitrogens with zero attached hydrogens (tertiary/aromatic N) is 4. The van der Waals surface area contributed by atoms with Crippen LogP contribution in [0.25, 0.3) is 16.6 Å². The fourth-order valence-corrected chi connectivity index (χ4v) is 3.38. The Morgan fingerprint density at radius 1 is 1.00 bits per heavy atom. The number of rotatable bonds is 5. The molecule has 0 spiro atoms. The molecule has 5 nitrogen and oxygen atoms in total. The Kier molecular flexibility index (Phi) is 4.74. The summed E-state index contributed by atoms with van der Waals surface area (Å²) in [6, 6.07) is 21.0. The van der Waals surface area contributed by atoms with E-state index in [0.717, 1.165) is 33.8 Å². The summed E-state index contributed by atoms with van der Waals surface area (Å²) in [4.78, 5) is 6.71. The first-order valence-electron chi connectivity index (χ1n) is 9.47. The fourth-order valence-electron chi connectivity index (χ4n) is 3.38. The van der Waals surface area contributed by atoms with Gasteiger partial charge in [0.25, 0.3) is 0 Å². The second kappa shape index (κ2) is 7.35. The molecule has 28 heavy (non-hydrogen) atoms. The number of anilines is 2. The predicted octanol–water partition coefficient (Wildman–Crippen LogP) is 4.97. The minimum absolute atomic E-state index is 0.167. The van der Waals surface area contributed by atoms with Crippen LogP contribution in [0.1, 0.15) is 24.2 Å². The van der Waals surface area contributed by atoms with Gasteiger partial charge < -0.3 is 10.2 Å². The lowest BCUT2D eigenvalue weighted by Gasteiger charge is -2.15. The molecule has 5 heteroatoms. The summed E-state index contributed by atoms with van der Waals surface area (Å²) in [5.41, 5.74) is 5.43. The summed E-state index contributed by atoms with van der Waals surface area (Å²) in [7, 11) is 4.09. The van der Waals surface area contributed by atoms with Gasteiger partial charge in [-0.05, 0) is 37.6 Å². The van der Waals surface area contributed by atoms with E-state index >= 15 is 0 Å². The molecule has 4 rings (SSSR count). The first-order valence-corrected chi connectivity index (χ1v) is 9.47. The summed E-state index contributed by atoms with van der Waals surface area (Å²) in [6.07, 6.45) is 1.91. The SMILES string of the molecule is Cc1nn(-c2cccc(N(C)C)c2)c2cc(N[C@@H](C)c3ccccc3)ncc12. The molecule has 142 valence electrons. The number of nitrogens with one attached hydrogen (secondary N) is 1. The molecule has 0 bridgehead atoms. The van der Waals surface area contributed by atoms with Gasteiger partial charge in [-0.3, -0.25) is 0 Å². The maximum absolute atomic E-state index is 4.77. The van der Waals surface area contributed by atoms with E-state index in [4.69, 9.17) is 5.10 Å². The van der Waals surface area contributed by atoms with Crippen molar-refractivity contribution >= 4 is 22.4 Å². The average molecular weight is 371 g/mol. The topological polar surface area (TPSA) is 46.0 Å². The molecule has 0 unspecified atom stereocenters. The molecule has 0 amide bonds. The fraction of sp³-hybridized carbons (Fsp3) is 0.217. The van der Waals surface area contributed by atoms with E-state index in [0.29, 0.717) is 0 Å². The molecule has 0 saturated heterocycles. The molecule has 0 aliphatic heterocycles. The number of benzene rings is 2. The van der Waals surface area contributed by atoms with Crippen molar-refractivity contribution in [3.05, 3.63) is 78.1 Å². The minimum atomic E-state index is 0.167. The first kappa shape index (κ1) is 18.0. The van der Waals surface area contributed by atoms with Gasteiger partial charge in [-0.2, -0.15) is 5.10 Å². The minimum Gasteiger partial charge on any atom is -0.378 e. The van der Waals surface area contributed by atoms with Gasteiger partial charge in [0, 0.05) is 43.5 Å². The lowest BCUT2D eigenvalue weighted by molar-refractivity contribution is 0.872. The number of aromatic nitrogens is 3. The van der Waals surface area contributed by atoms with Crippen LogP contribution in [0.5, 0.6) is 0 Å². The Balaban J connectivity index is 1.73. The van der Waals surface area contributed by atoms with Crippen molar-refractivity contribution < 1.29 is 0 Å². The lowest BCUT2D eigenvalue weighted by Crippen LogP contribution is -2.09. The van der Waals surface area contributed by atoms with Gasteiger partial charge in [-0.15, -0.1) is 0 Å². The number of hydrogen-bond acceptors (Lipinski definition) is 4. The second-order valence-corrected chi connectivity index (χ2v) is 7.27. The van der Waals surface area contributed by atoms with Crippen LogP contribution in [0.4, 0.5) is 11.5 Å². The van der Waals surface area contributed by atoms with Crippen LogP contribution in [0.15, 0.2) is 66.9 Å². The van der Waals surface area contributed by atoms with Crippen LogP contribution < -0.4 is 10.2 Å². The highest BCUT2D eigenvalue weighted by Crippen LogP contribution is 2.26. The highest BCUT2D eigenvalue weighted by atomic mass is 15.3. The van der Waals surface area contributed by atoms with Gasteiger partial charge in [-0.1, -0.05) is 36.4 Å². The van der Waals surface area contributed by atoms with E-state index in [1.54, 1.807) is 0 Å². The van der Waals surface area contributed by atoms with E-state index < -0.39 is 0 Å². The Hall–Kier alpha value is -3.34. The van der Waals surface area contributed by atoms with Gasteiger partial charge in [-0.25, -0.2) is 9.67 Å². The molecule has 0 aliphatic carbocycles. The van der Waals surface area contributed by atoms with Crippen molar-refractivity contribution in [2.24, 2.45) is 0 Å². The normalized spacial score (nSPS) is 12.1. The molecule has 0 radical (unpaired) electrons. The molecule has 2 aromatic heterocycles. The van der Waals surface area contributed by atoms with Gasteiger partial charge in [0.05, 0.1) is 16.9 Å². The van der Waals surface area contributed by atoms with Crippen molar-refractivity contribution in [3.8, 4) is 5.69 Å². The number of fused-ring (bicyclic) bond motifs is 1. The van der Waals surface area contributed by atoms with Gasteiger partial charge in [0.15, 0.2) is 0 Å². The lowest BCUT2D eigenvalue weighted by atomic mass is 10.1. The summed E-state index contributed by atoms with van der Waals surface area (Å²) in [5, 5.41) is 9.34. The van der Waals surface area contributed by atoms with Gasteiger partial charge in [0.2, 0.25) is 0 Å². The summed E-state index contributed by atoms with van der Waals surface area (Å²) in [5.74, 6) is 0.841. The zero-order valence-electron chi connectivity index (χ0n) is 16.7. The molecule has 2 aromatic carbocycles. The van der Waals surface area contributed by atoms with Crippen LogP contribution >= 0.6 is 0 Å². The van der Waals surface area contributed by atoms with Gasteiger partial charge in [0.1, 0.15) is 5.82 Å². The summed E-state index contributed by atoms with van der Waals surface area (Å²) < 4.78 is 2.00. The molecular formula is C23H25N5. The molecule has 0 aliphatic rings. The largest absolute Gasteiger partial charge is 0.378 e. The maximum atomic E-state index is 4.77. The van der Waals surface area contributed by atoms with Crippen LogP contribution in [0.2, 0.25) is 0 Å². The second-order valence-electron chi connectivity index (χ2n) is 7.27. The third kappa shape index (κ3) is 3.43. The van der Waals surface area contributed by atoms with Crippen molar-refractivity contribution in [2.75, 3.05) is 24.3 Å². The Morgan fingerprint density at radius 3 is 2.54 bits per heavy atom. The maximum Gasteiger partial charge on any atom is 0.128 e. The Bertz CT molecular complexity index is 1100. The average Bonchev–Trinajstić information content (AvgIpc) is 3.05. The van der Waals surface area contributed by atoms with Crippen molar-refractivity contribution in [3.63, 3.8) is 0 Å². The number of hydrogen-bond donors (Lipinski definition) is 1. The van der Waals surface area contributed by atoms with E-state index in [1.165, 1.54) is 5.56 Å².